The highest BCUT2D eigenvalue weighted by molar-refractivity contribution is 5.76. The summed E-state index contributed by atoms with van der Waals surface area (Å²) < 4.78 is 5.46. The normalized spacial score (nSPS) is 19.3. The Balaban J connectivity index is 2.51. The topological polar surface area (TPSA) is 66.8 Å². The second kappa shape index (κ2) is 3.95. The Morgan fingerprint density at radius 2 is 2.18 bits per heavy atom. The van der Waals surface area contributed by atoms with Crippen molar-refractivity contribution in [1.29, 1.82) is 0 Å². The van der Waals surface area contributed by atoms with Gasteiger partial charge in [-0.25, -0.2) is 0 Å². The fraction of sp³-hybridized carbons (Fsp3) is 0.462. The number of rotatable bonds is 2. The predicted molar refractivity (Wildman–Crippen MR) is 62.4 cm³/mol. The number of aromatic hydroxyl groups is 1. The van der Waals surface area contributed by atoms with Crippen molar-refractivity contribution >= 4 is 5.97 Å². The van der Waals surface area contributed by atoms with Crippen LogP contribution < -0.4 is 4.74 Å². The maximum Gasteiger partial charge on any atom is 0.309 e. The van der Waals surface area contributed by atoms with E-state index >= 15 is 0 Å². The fourth-order valence-corrected chi connectivity index (χ4v) is 2.31. The van der Waals surface area contributed by atoms with E-state index < -0.39 is 11.4 Å². The molecule has 1 aliphatic rings. The Morgan fingerprint density at radius 1 is 1.47 bits per heavy atom. The van der Waals surface area contributed by atoms with Crippen molar-refractivity contribution in [2.45, 2.75) is 26.2 Å². The first-order valence-electron chi connectivity index (χ1n) is 5.62. The van der Waals surface area contributed by atoms with Crippen LogP contribution >= 0.6 is 0 Å². The van der Waals surface area contributed by atoms with Crippen LogP contribution in [0.2, 0.25) is 0 Å². The summed E-state index contributed by atoms with van der Waals surface area (Å²) >= 11 is 0. The van der Waals surface area contributed by atoms with E-state index in [0.29, 0.717) is 24.3 Å². The number of benzene rings is 1. The first-order valence-corrected chi connectivity index (χ1v) is 5.62. The zero-order chi connectivity index (χ0) is 12.6. The van der Waals surface area contributed by atoms with Crippen molar-refractivity contribution in [2.75, 3.05) is 6.61 Å². The van der Waals surface area contributed by atoms with E-state index in [0.717, 1.165) is 0 Å². The third kappa shape index (κ3) is 1.84. The maximum absolute atomic E-state index is 11.3. The molecule has 0 spiro atoms. The molecular formula is C13H16O4. The first-order chi connectivity index (χ1) is 7.94. The molecule has 4 nitrogen and oxygen atoms in total. The largest absolute Gasteiger partial charge is 0.508 e. The van der Waals surface area contributed by atoms with Crippen LogP contribution in [-0.2, 0) is 4.79 Å². The summed E-state index contributed by atoms with van der Waals surface area (Å²) in [6.45, 7) is 3.85. The first kappa shape index (κ1) is 11.8. The smallest absolute Gasteiger partial charge is 0.309 e. The highest BCUT2D eigenvalue weighted by Crippen LogP contribution is 2.48. The van der Waals surface area contributed by atoms with Gasteiger partial charge in [-0.05, 0) is 32.4 Å². The number of carboxylic acid groups (broad SMARTS) is 1. The standard InChI is InChI=1S/C13H16O4/c1-13(2,12(15)16)8-6-7-17-10-5-3-4-9(14)11(8)10/h3-5,8,14H,6-7H2,1-2H3,(H,15,16). The van der Waals surface area contributed by atoms with Crippen molar-refractivity contribution in [3.8, 4) is 11.5 Å². The van der Waals surface area contributed by atoms with Crippen LogP contribution in [-0.4, -0.2) is 22.8 Å². The average molecular weight is 236 g/mol. The van der Waals surface area contributed by atoms with Gasteiger partial charge >= 0.3 is 5.97 Å². The number of hydrogen-bond acceptors (Lipinski definition) is 3. The second-order valence-corrected chi connectivity index (χ2v) is 4.91. The quantitative estimate of drug-likeness (QED) is 0.827. The summed E-state index contributed by atoms with van der Waals surface area (Å²) in [6, 6.07) is 5.03. The number of carboxylic acids is 1. The van der Waals surface area contributed by atoms with E-state index in [1.54, 1.807) is 32.0 Å². The van der Waals surface area contributed by atoms with E-state index in [1.807, 2.05) is 0 Å². The highest BCUT2D eigenvalue weighted by Gasteiger charge is 2.41. The molecule has 1 heterocycles. The van der Waals surface area contributed by atoms with Crippen molar-refractivity contribution < 1.29 is 19.7 Å². The lowest BCUT2D eigenvalue weighted by molar-refractivity contribution is -0.148. The third-order valence-electron chi connectivity index (χ3n) is 3.48. The van der Waals surface area contributed by atoms with E-state index in [-0.39, 0.29) is 11.7 Å². The number of hydrogen-bond donors (Lipinski definition) is 2. The van der Waals surface area contributed by atoms with Gasteiger partial charge in [-0.1, -0.05) is 6.07 Å². The summed E-state index contributed by atoms with van der Waals surface area (Å²) in [5, 5.41) is 19.2. The number of aliphatic carboxylic acids is 1. The Bertz CT molecular complexity index is 451. The van der Waals surface area contributed by atoms with Gasteiger partial charge in [0, 0.05) is 11.5 Å². The Morgan fingerprint density at radius 3 is 2.82 bits per heavy atom. The van der Waals surface area contributed by atoms with Crippen LogP contribution in [0, 0.1) is 5.41 Å². The molecule has 0 amide bonds. The molecule has 0 radical (unpaired) electrons. The summed E-state index contributed by atoms with van der Waals surface area (Å²) in [5.41, 5.74) is -0.302. The minimum Gasteiger partial charge on any atom is -0.508 e. The molecule has 2 N–H and O–H groups in total. The van der Waals surface area contributed by atoms with Gasteiger partial charge < -0.3 is 14.9 Å². The summed E-state index contributed by atoms with van der Waals surface area (Å²) in [6.07, 6.45) is 0.601. The van der Waals surface area contributed by atoms with Gasteiger partial charge in [0.1, 0.15) is 11.5 Å². The molecule has 1 aromatic rings. The lowest BCUT2D eigenvalue weighted by Gasteiger charge is -2.35. The molecule has 1 unspecified atom stereocenters. The number of phenols is 1. The van der Waals surface area contributed by atoms with E-state index in [9.17, 15) is 15.0 Å². The minimum atomic E-state index is -0.919. The molecule has 1 aliphatic heterocycles. The molecule has 0 aliphatic carbocycles. The zero-order valence-electron chi connectivity index (χ0n) is 9.93. The van der Waals surface area contributed by atoms with E-state index in [2.05, 4.69) is 0 Å². The highest BCUT2D eigenvalue weighted by atomic mass is 16.5. The number of ether oxygens (including phenoxy) is 1. The molecule has 2 rings (SSSR count). The third-order valence-corrected chi connectivity index (χ3v) is 3.48. The Kier molecular flexibility index (Phi) is 2.73. The van der Waals surface area contributed by atoms with E-state index in [1.165, 1.54) is 0 Å². The Labute approximate surface area is 99.8 Å². The summed E-state index contributed by atoms with van der Waals surface area (Å²) in [4.78, 5) is 11.3. The van der Waals surface area contributed by atoms with Crippen molar-refractivity contribution in [2.24, 2.45) is 5.41 Å². The molecule has 0 aromatic heterocycles. The fourth-order valence-electron chi connectivity index (χ4n) is 2.31. The monoisotopic (exact) mass is 236 g/mol. The minimum absolute atomic E-state index is 0.113. The van der Waals surface area contributed by atoms with Crippen LogP contribution in [0.1, 0.15) is 31.7 Å². The number of fused-ring (bicyclic) bond motifs is 1. The molecule has 0 fully saturated rings. The zero-order valence-corrected chi connectivity index (χ0v) is 9.93. The van der Waals surface area contributed by atoms with Crippen LogP contribution in [0.15, 0.2) is 18.2 Å². The lowest BCUT2D eigenvalue weighted by atomic mass is 9.72. The van der Waals surface area contributed by atoms with Gasteiger partial charge in [0.05, 0.1) is 12.0 Å². The SMILES string of the molecule is CC(C)(C(=O)O)C1CCOc2cccc(O)c21. The lowest BCUT2D eigenvalue weighted by Crippen LogP contribution is -2.34. The second-order valence-electron chi connectivity index (χ2n) is 4.91. The van der Waals surface area contributed by atoms with Crippen LogP contribution in [0.4, 0.5) is 0 Å². The van der Waals surface area contributed by atoms with Crippen molar-refractivity contribution in [3.05, 3.63) is 23.8 Å². The van der Waals surface area contributed by atoms with Gasteiger partial charge in [0.2, 0.25) is 0 Å². The maximum atomic E-state index is 11.3. The number of carbonyl (C=O) groups is 1. The van der Waals surface area contributed by atoms with Gasteiger partial charge in [-0.2, -0.15) is 0 Å². The van der Waals surface area contributed by atoms with Gasteiger partial charge in [0.25, 0.3) is 0 Å². The van der Waals surface area contributed by atoms with Gasteiger partial charge in [-0.3, -0.25) is 4.79 Å². The molecule has 4 heteroatoms. The van der Waals surface area contributed by atoms with Crippen molar-refractivity contribution in [3.63, 3.8) is 0 Å². The number of phenolic OH excluding ortho intramolecular Hbond substituents is 1. The molecule has 92 valence electrons. The van der Waals surface area contributed by atoms with Crippen LogP contribution in [0.25, 0.3) is 0 Å². The van der Waals surface area contributed by atoms with Crippen LogP contribution in [0.3, 0.4) is 0 Å². The van der Waals surface area contributed by atoms with Crippen molar-refractivity contribution in [1.82, 2.24) is 0 Å². The molecule has 17 heavy (non-hydrogen) atoms. The molecule has 1 aromatic carbocycles. The van der Waals surface area contributed by atoms with E-state index in [4.69, 9.17) is 4.74 Å². The van der Waals surface area contributed by atoms with Gasteiger partial charge in [0.15, 0.2) is 0 Å². The van der Waals surface area contributed by atoms with Crippen LogP contribution in [0.5, 0.6) is 11.5 Å². The molecular weight excluding hydrogens is 220 g/mol. The molecule has 0 saturated carbocycles. The summed E-state index contributed by atoms with van der Waals surface area (Å²) in [5.74, 6) is -0.388. The molecule has 1 atom stereocenters. The van der Waals surface area contributed by atoms with Gasteiger partial charge in [-0.15, -0.1) is 0 Å². The Hall–Kier alpha value is -1.71. The summed E-state index contributed by atoms with van der Waals surface area (Å²) in [7, 11) is 0. The predicted octanol–water partition coefficient (Wildman–Crippen LogP) is 2.37. The average Bonchev–Trinajstić information content (AvgIpc) is 2.28. The molecule has 0 saturated heterocycles. The molecule has 0 bridgehead atoms.